The summed E-state index contributed by atoms with van der Waals surface area (Å²) in [4.78, 5) is 30.6. The van der Waals surface area contributed by atoms with Crippen molar-refractivity contribution in [2.24, 2.45) is 5.41 Å². The minimum atomic E-state index is -3.07. The first-order valence-electron chi connectivity index (χ1n) is 13.7. The van der Waals surface area contributed by atoms with Crippen molar-refractivity contribution in [2.45, 2.75) is 63.0 Å². The molecule has 1 N–H and O–H groups in total. The van der Waals surface area contributed by atoms with Crippen LogP contribution in [0, 0.1) is 17.8 Å². The molecule has 1 amide bonds. The lowest BCUT2D eigenvalue weighted by molar-refractivity contribution is -0.131. The van der Waals surface area contributed by atoms with Gasteiger partial charge in [0, 0.05) is 30.1 Å². The first-order chi connectivity index (χ1) is 20.5. The fraction of sp³-hybridized carbons (Fsp3) is 0.355. The molecule has 43 heavy (non-hydrogen) atoms. The number of fused-ring (bicyclic) bond motifs is 1. The van der Waals surface area contributed by atoms with E-state index in [1.165, 1.54) is 29.5 Å². The molecule has 0 aliphatic heterocycles. The Morgan fingerprint density at radius 3 is 2.42 bits per heavy atom. The summed E-state index contributed by atoms with van der Waals surface area (Å²) in [6.45, 7) is -3.07. The second-order valence-corrected chi connectivity index (χ2v) is 11.2. The van der Waals surface area contributed by atoms with Crippen molar-refractivity contribution in [3.8, 4) is 34.9 Å². The number of ether oxygens (including phenoxy) is 1. The van der Waals surface area contributed by atoms with E-state index in [2.05, 4.69) is 21.3 Å². The Kier molecular flexibility index (Phi) is 6.99. The van der Waals surface area contributed by atoms with E-state index in [0.717, 1.165) is 0 Å². The van der Waals surface area contributed by atoms with Crippen LogP contribution in [0.2, 0.25) is 0 Å². The highest BCUT2D eigenvalue weighted by molar-refractivity contribution is 6.01. The number of aromatic nitrogens is 3. The number of amides is 1. The number of terminal acetylenes is 1. The van der Waals surface area contributed by atoms with Gasteiger partial charge in [0.2, 0.25) is 5.92 Å². The van der Waals surface area contributed by atoms with Gasteiger partial charge >= 0.3 is 6.61 Å². The van der Waals surface area contributed by atoms with Crippen LogP contribution in [-0.2, 0) is 4.79 Å². The average molecular weight is 595 g/mol. The second kappa shape index (κ2) is 10.6. The molecule has 2 fully saturated rings. The van der Waals surface area contributed by atoms with E-state index >= 15 is 0 Å². The molecule has 0 atom stereocenters. The number of halogens is 4. The first-order valence-corrected chi connectivity index (χ1v) is 13.7. The molecule has 0 unspecified atom stereocenters. The van der Waals surface area contributed by atoms with Crippen LogP contribution < -0.4 is 10.1 Å². The first kappa shape index (κ1) is 28.5. The van der Waals surface area contributed by atoms with Gasteiger partial charge in [-0.25, -0.2) is 18.4 Å². The number of furan rings is 1. The van der Waals surface area contributed by atoms with Gasteiger partial charge in [-0.2, -0.15) is 13.9 Å². The normalized spacial score (nSPS) is 18.2. The van der Waals surface area contributed by atoms with E-state index in [1.54, 1.807) is 30.3 Å². The summed E-state index contributed by atoms with van der Waals surface area (Å²) in [6, 6.07) is 11.2. The molecule has 0 saturated heterocycles. The zero-order valence-electron chi connectivity index (χ0n) is 22.8. The predicted molar refractivity (Wildman–Crippen MR) is 147 cm³/mol. The van der Waals surface area contributed by atoms with Gasteiger partial charge in [0.05, 0.1) is 5.54 Å². The quantitative estimate of drug-likeness (QED) is 0.180. The molecule has 2 heterocycles. The minimum Gasteiger partial charge on any atom is -0.451 e. The van der Waals surface area contributed by atoms with Crippen molar-refractivity contribution in [1.82, 2.24) is 20.1 Å². The lowest BCUT2D eigenvalue weighted by atomic mass is 9.74. The van der Waals surface area contributed by atoms with Crippen LogP contribution in [-0.4, -0.2) is 44.5 Å². The maximum atomic E-state index is 14.1. The van der Waals surface area contributed by atoms with Gasteiger partial charge in [-0.05, 0) is 61.1 Å². The molecule has 0 spiro atoms. The van der Waals surface area contributed by atoms with Crippen molar-refractivity contribution in [2.75, 3.05) is 0 Å². The van der Waals surface area contributed by atoms with Crippen LogP contribution >= 0.6 is 0 Å². The third-order valence-corrected chi connectivity index (χ3v) is 8.30. The Balaban J connectivity index is 1.27. The average Bonchev–Trinajstić information content (AvgIpc) is 3.33. The van der Waals surface area contributed by atoms with E-state index in [1.807, 2.05) is 0 Å². The molecule has 8 nitrogen and oxygen atoms in total. The number of benzene rings is 2. The lowest BCUT2D eigenvalue weighted by Gasteiger charge is -2.39. The third kappa shape index (κ3) is 5.71. The Bertz CT molecular complexity index is 1730. The number of carbonyl (C=O) groups is 2. The van der Waals surface area contributed by atoms with E-state index in [-0.39, 0.29) is 42.2 Å². The van der Waals surface area contributed by atoms with Crippen molar-refractivity contribution in [3.63, 3.8) is 0 Å². The topological polar surface area (TPSA) is 99.2 Å². The van der Waals surface area contributed by atoms with Crippen molar-refractivity contribution >= 4 is 22.7 Å². The highest BCUT2D eigenvalue weighted by atomic mass is 19.3. The number of carbonyl (C=O) groups excluding carboxylic acids is 2. The Hall–Kier alpha value is -4.66. The smallest absolute Gasteiger partial charge is 0.387 e. The van der Waals surface area contributed by atoms with Gasteiger partial charge in [-0.3, -0.25) is 9.59 Å². The van der Waals surface area contributed by atoms with Crippen LogP contribution in [0.25, 0.3) is 27.8 Å². The van der Waals surface area contributed by atoms with Crippen LogP contribution in [0.3, 0.4) is 0 Å². The molecule has 12 heteroatoms. The van der Waals surface area contributed by atoms with Crippen molar-refractivity contribution < 1.29 is 36.3 Å². The zero-order valence-corrected chi connectivity index (χ0v) is 22.8. The van der Waals surface area contributed by atoms with Crippen LogP contribution in [0.15, 0.2) is 59.5 Å². The molecule has 2 saturated carbocycles. The summed E-state index contributed by atoms with van der Waals surface area (Å²) in [6.07, 6.45) is 8.14. The van der Waals surface area contributed by atoms with Gasteiger partial charge in [-0.1, -0.05) is 24.1 Å². The van der Waals surface area contributed by atoms with Crippen molar-refractivity contribution in [3.05, 3.63) is 60.9 Å². The number of hydrogen-bond donors (Lipinski definition) is 1. The highest BCUT2D eigenvalue weighted by Crippen LogP contribution is 2.50. The fourth-order valence-electron chi connectivity index (χ4n) is 5.52. The molecule has 4 aromatic rings. The highest BCUT2D eigenvalue weighted by Gasteiger charge is 2.52. The molecule has 2 aliphatic rings. The minimum absolute atomic E-state index is 0.0196. The van der Waals surface area contributed by atoms with Crippen LogP contribution in [0.5, 0.6) is 5.75 Å². The predicted octanol–water partition coefficient (Wildman–Crippen LogP) is 6.33. The molecule has 2 aliphatic carbocycles. The molecule has 2 aromatic heterocycles. The summed E-state index contributed by atoms with van der Waals surface area (Å²) >= 11 is 0. The van der Waals surface area contributed by atoms with Gasteiger partial charge < -0.3 is 14.5 Å². The molecule has 222 valence electrons. The van der Waals surface area contributed by atoms with Gasteiger partial charge in [0.1, 0.15) is 23.9 Å². The number of ketones is 1. The number of hydrogen-bond acceptors (Lipinski definition) is 6. The maximum Gasteiger partial charge on any atom is 0.387 e. The Morgan fingerprint density at radius 2 is 1.77 bits per heavy atom. The summed E-state index contributed by atoms with van der Waals surface area (Å²) in [5.74, 6) is -1.54. The molecule has 0 bridgehead atoms. The monoisotopic (exact) mass is 594 g/mol. The van der Waals surface area contributed by atoms with Gasteiger partial charge in [0.25, 0.3) is 5.91 Å². The third-order valence-electron chi connectivity index (χ3n) is 8.30. The summed E-state index contributed by atoms with van der Waals surface area (Å²) in [5, 5.41) is 7.26. The molecule has 6 rings (SSSR count). The maximum absolute atomic E-state index is 14.1. The SMILES string of the molecule is C#CC1(CC(=O)C2(NC(=O)c3cc4ccc(-c5ccc(-n6cncn6)c(OC(F)F)c5)cc4o3)CCC(F)(F)CC2)CC1. The Morgan fingerprint density at radius 1 is 1.05 bits per heavy atom. The van der Waals surface area contributed by atoms with E-state index < -0.39 is 42.2 Å². The Labute approximate surface area is 243 Å². The summed E-state index contributed by atoms with van der Waals surface area (Å²) < 4.78 is 66.3. The van der Waals surface area contributed by atoms with Crippen LogP contribution in [0.1, 0.15) is 55.5 Å². The fourth-order valence-corrected chi connectivity index (χ4v) is 5.52. The zero-order chi connectivity index (χ0) is 30.4. The van der Waals surface area contributed by atoms with Crippen molar-refractivity contribution in [1.29, 1.82) is 0 Å². The molecular formula is C31H26F4N4O4. The van der Waals surface area contributed by atoms with Crippen LogP contribution in [0.4, 0.5) is 17.6 Å². The number of rotatable bonds is 9. The van der Waals surface area contributed by atoms with E-state index in [0.29, 0.717) is 34.9 Å². The summed E-state index contributed by atoms with van der Waals surface area (Å²) in [7, 11) is 0. The largest absolute Gasteiger partial charge is 0.451 e. The number of nitrogens with one attached hydrogen (secondary N) is 1. The van der Waals surface area contributed by atoms with Gasteiger partial charge in [-0.15, -0.1) is 6.42 Å². The van der Waals surface area contributed by atoms with E-state index in [9.17, 15) is 27.2 Å². The second-order valence-electron chi connectivity index (χ2n) is 11.2. The van der Waals surface area contributed by atoms with Gasteiger partial charge in [0.15, 0.2) is 17.3 Å². The molecule has 0 radical (unpaired) electrons. The lowest BCUT2D eigenvalue weighted by Crippen LogP contribution is -2.58. The number of Topliss-reactive ketones (excluding diaryl/α,β-unsaturated/α-hetero) is 1. The molecular weight excluding hydrogens is 568 g/mol. The number of nitrogens with zero attached hydrogens (tertiary/aromatic N) is 3. The molecule has 2 aromatic carbocycles. The van der Waals surface area contributed by atoms with E-state index in [4.69, 9.17) is 15.6 Å². The standard InChI is InChI=1S/C31H26F4N4O4/c1-2-29(7-8-29)16-26(40)30(9-11-31(34,35)12-10-30)38-27(41)25-15-21-4-3-19(13-23(21)42-25)20-5-6-22(39-18-36-17-37-39)24(14-20)43-28(32)33/h1,3-6,13-15,17-18,28H,7-12,16H2,(H,38,41). The number of alkyl halides is 4. The summed E-state index contributed by atoms with van der Waals surface area (Å²) in [5.41, 5.74) is -0.347.